The van der Waals surface area contributed by atoms with Crippen LogP contribution in [0.3, 0.4) is 0 Å². The van der Waals surface area contributed by atoms with Gasteiger partial charge in [0.15, 0.2) is 0 Å². The van der Waals surface area contributed by atoms with Crippen molar-refractivity contribution in [3.05, 3.63) is 0 Å². The van der Waals surface area contributed by atoms with Crippen LogP contribution in [0.1, 0.15) is 0 Å². The zero-order valence-electron chi connectivity index (χ0n) is 16.4. The Bertz CT molecular complexity index is 247. The van der Waals surface area contributed by atoms with Crippen molar-refractivity contribution in [3.8, 4) is 0 Å². The fraction of sp³-hybridized carbons (Fsp3) is 1.00. The molecule has 1 aliphatic heterocycles. The van der Waals surface area contributed by atoms with E-state index in [2.05, 4.69) is 31.5 Å². The third kappa shape index (κ3) is 19.9. The minimum Gasteiger partial charge on any atom is -0.329 e. The molecule has 0 aromatic carbocycles. The summed E-state index contributed by atoms with van der Waals surface area (Å²) in [6, 6.07) is 0. The van der Waals surface area contributed by atoms with Crippen molar-refractivity contribution in [2.24, 2.45) is 22.9 Å². The Labute approximate surface area is 159 Å². The van der Waals surface area contributed by atoms with E-state index in [9.17, 15) is 0 Å². The molecule has 0 aliphatic carbocycles. The molecule has 0 amide bonds. The summed E-state index contributed by atoms with van der Waals surface area (Å²) in [5.74, 6) is 0. The summed E-state index contributed by atoms with van der Waals surface area (Å²) >= 11 is 0. The van der Waals surface area contributed by atoms with Crippen LogP contribution in [-0.2, 0) is 0 Å². The van der Waals surface area contributed by atoms with Gasteiger partial charge in [0.05, 0.1) is 6.17 Å². The average molecular weight is 377 g/mol. The third-order valence-electron chi connectivity index (χ3n) is 3.76. The van der Waals surface area contributed by atoms with Gasteiger partial charge in [0.2, 0.25) is 0 Å². The highest BCUT2D eigenvalue weighted by molar-refractivity contribution is 4.69. The van der Waals surface area contributed by atoms with E-state index < -0.39 is 0 Å². The molecule has 13 N–H and O–H groups in total. The van der Waals surface area contributed by atoms with Crippen molar-refractivity contribution in [3.63, 3.8) is 0 Å². The normalized spacial score (nSPS) is 15.1. The lowest BCUT2D eigenvalue weighted by Crippen LogP contribution is -2.50. The molecule has 0 saturated carbocycles. The van der Waals surface area contributed by atoms with E-state index in [1.165, 1.54) is 0 Å². The van der Waals surface area contributed by atoms with E-state index >= 15 is 0 Å². The molecule has 0 spiro atoms. The number of hydrogen-bond acceptors (Lipinski definition) is 10. The maximum Gasteiger partial charge on any atom is 0.0652 e. The van der Waals surface area contributed by atoms with Crippen molar-refractivity contribution in [2.75, 3.05) is 98.2 Å². The smallest absolute Gasteiger partial charge is 0.0652 e. The van der Waals surface area contributed by atoms with E-state index in [-0.39, 0.29) is 6.17 Å². The summed E-state index contributed by atoms with van der Waals surface area (Å²) in [5, 5.41) is 16.4. The van der Waals surface area contributed by atoms with Crippen LogP contribution in [0.15, 0.2) is 0 Å². The summed E-state index contributed by atoms with van der Waals surface area (Å²) in [5.41, 5.74) is 21.6. The maximum atomic E-state index is 5.44. The largest absolute Gasteiger partial charge is 0.329 e. The molecule has 0 aromatic rings. The second-order valence-corrected chi connectivity index (χ2v) is 6.29. The van der Waals surface area contributed by atoms with Gasteiger partial charge in [-0.3, -0.25) is 4.90 Å². The van der Waals surface area contributed by atoms with Crippen LogP contribution in [-0.4, -0.2) is 109 Å². The first kappa shape index (κ1) is 25.6. The lowest BCUT2D eigenvalue weighted by molar-refractivity contribution is 0.228. The van der Waals surface area contributed by atoms with Crippen LogP contribution in [0.5, 0.6) is 0 Å². The Hall–Kier alpha value is -0.400. The number of hydrogen-bond donors (Lipinski definition) is 9. The predicted molar refractivity (Wildman–Crippen MR) is 111 cm³/mol. The molecule has 1 aliphatic rings. The summed E-state index contributed by atoms with van der Waals surface area (Å²) in [4.78, 5) is 2.28. The standard InChI is InChI=1S/C10H28N6.C6H16N4/c11-1-3-13-5-7-15-9-10-16-8-6-14-4-2-12;7-6(8)5-10-3-1-9-2-4-10/h13-16H,1-12H2;6,9H,1-5,7-8H2. The van der Waals surface area contributed by atoms with Crippen LogP contribution in [0.4, 0.5) is 0 Å². The van der Waals surface area contributed by atoms with Crippen LogP contribution < -0.4 is 49.5 Å². The Morgan fingerprint density at radius 3 is 1.42 bits per heavy atom. The first-order valence-electron chi connectivity index (χ1n) is 9.88. The van der Waals surface area contributed by atoms with Crippen LogP contribution >= 0.6 is 0 Å². The van der Waals surface area contributed by atoms with E-state index in [4.69, 9.17) is 22.9 Å². The molecular weight excluding hydrogens is 332 g/mol. The first-order valence-corrected chi connectivity index (χ1v) is 9.88. The van der Waals surface area contributed by atoms with Crippen molar-refractivity contribution >= 4 is 0 Å². The number of nitrogens with one attached hydrogen (secondary N) is 5. The highest BCUT2D eigenvalue weighted by atomic mass is 15.2. The monoisotopic (exact) mass is 376 g/mol. The Kier molecular flexibility index (Phi) is 20.6. The van der Waals surface area contributed by atoms with Crippen LogP contribution in [0.2, 0.25) is 0 Å². The molecule has 0 radical (unpaired) electrons. The van der Waals surface area contributed by atoms with Gasteiger partial charge in [0, 0.05) is 98.2 Å². The fourth-order valence-corrected chi connectivity index (χ4v) is 2.43. The minimum atomic E-state index is -0.182. The molecular formula is C16H44N10. The predicted octanol–water partition coefficient (Wildman–Crippen LogP) is -4.60. The molecule has 0 aromatic heterocycles. The van der Waals surface area contributed by atoms with Gasteiger partial charge in [-0.05, 0) is 0 Å². The van der Waals surface area contributed by atoms with Gasteiger partial charge < -0.3 is 49.5 Å². The zero-order chi connectivity index (χ0) is 19.3. The van der Waals surface area contributed by atoms with Gasteiger partial charge in [-0.1, -0.05) is 0 Å². The van der Waals surface area contributed by atoms with E-state index in [0.29, 0.717) is 13.1 Å². The SMILES string of the molecule is NC(N)CN1CCNCC1.NCCNCCNCCNCCNCCN. The lowest BCUT2D eigenvalue weighted by Gasteiger charge is -2.28. The summed E-state index contributed by atoms with van der Waals surface area (Å²) in [6.45, 7) is 14.2. The first-order chi connectivity index (χ1) is 12.7. The van der Waals surface area contributed by atoms with Crippen LogP contribution in [0, 0.1) is 0 Å². The molecule has 1 fully saturated rings. The van der Waals surface area contributed by atoms with Crippen molar-refractivity contribution < 1.29 is 0 Å². The second kappa shape index (κ2) is 20.9. The molecule has 26 heavy (non-hydrogen) atoms. The Morgan fingerprint density at radius 2 is 1.08 bits per heavy atom. The topological polar surface area (TPSA) is 167 Å². The molecule has 1 heterocycles. The van der Waals surface area contributed by atoms with Gasteiger partial charge in [-0.15, -0.1) is 0 Å². The number of piperazine rings is 1. The van der Waals surface area contributed by atoms with Gasteiger partial charge in [-0.2, -0.15) is 0 Å². The number of nitrogens with zero attached hydrogens (tertiary/aromatic N) is 1. The average Bonchev–Trinajstić information content (AvgIpc) is 2.63. The van der Waals surface area contributed by atoms with Crippen LogP contribution in [0.25, 0.3) is 0 Å². The van der Waals surface area contributed by atoms with Gasteiger partial charge >= 0.3 is 0 Å². The second-order valence-electron chi connectivity index (χ2n) is 6.29. The Morgan fingerprint density at radius 1 is 0.692 bits per heavy atom. The molecule has 0 atom stereocenters. The molecule has 10 heteroatoms. The van der Waals surface area contributed by atoms with E-state index in [1.807, 2.05) is 0 Å². The maximum absolute atomic E-state index is 5.44. The number of nitrogens with two attached hydrogens (primary N) is 4. The molecule has 0 unspecified atom stereocenters. The number of rotatable bonds is 15. The van der Waals surface area contributed by atoms with E-state index in [1.54, 1.807) is 0 Å². The van der Waals surface area contributed by atoms with E-state index in [0.717, 1.165) is 85.1 Å². The minimum absolute atomic E-state index is 0.182. The fourth-order valence-electron chi connectivity index (χ4n) is 2.43. The highest BCUT2D eigenvalue weighted by Gasteiger charge is 2.09. The molecule has 158 valence electrons. The summed E-state index contributed by atoms with van der Waals surface area (Å²) in [6.07, 6.45) is -0.182. The van der Waals surface area contributed by atoms with Gasteiger partial charge in [0.1, 0.15) is 0 Å². The van der Waals surface area contributed by atoms with Crippen molar-refractivity contribution in [1.29, 1.82) is 0 Å². The lowest BCUT2D eigenvalue weighted by atomic mass is 10.3. The molecule has 1 saturated heterocycles. The van der Waals surface area contributed by atoms with Gasteiger partial charge in [0.25, 0.3) is 0 Å². The third-order valence-corrected chi connectivity index (χ3v) is 3.76. The molecule has 10 nitrogen and oxygen atoms in total. The molecule has 1 rings (SSSR count). The van der Waals surface area contributed by atoms with Crippen molar-refractivity contribution in [1.82, 2.24) is 31.5 Å². The zero-order valence-corrected chi connectivity index (χ0v) is 16.4. The highest BCUT2D eigenvalue weighted by Crippen LogP contribution is 1.90. The summed E-state index contributed by atoms with van der Waals surface area (Å²) in [7, 11) is 0. The quantitative estimate of drug-likeness (QED) is 0.100. The molecule has 0 bridgehead atoms. The van der Waals surface area contributed by atoms with Gasteiger partial charge in [-0.25, -0.2) is 0 Å². The van der Waals surface area contributed by atoms with Crippen molar-refractivity contribution in [2.45, 2.75) is 6.17 Å². The Balaban J connectivity index is 0.000000531. The summed E-state index contributed by atoms with van der Waals surface area (Å²) < 4.78 is 0.